The summed E-state index contributed by atoms with van der Waals surface area (Å²) in [7, 11) is 1.48. The van der Waals surface area contributed by atoms with Gasteiger partial charge >= 0.3 is 5.97 Å². The Morgan fingerprint density at radius 3 is 2.55 bits per heavy atom. The summed E-state index contributed by atoms with van der Waals surface area (Å²) in [4.78, 5) is 26.9. The molecule has 1 unspecified atom stereocenters. The molecular weight excluding hydrogens is 414 g/mol. The van der Waals surface area contributed by atoms with Crippen LogP contribution in [-0.4, -0.2) is 23.2 Å². The molecule has 0 amide bonds. The lowest BCUT2D eigenvalue weighted by Crippen LogP contribution is -2.14. The van der Waals surface area contributed by atoms with E-state index in [-0.39, 0.29) is 12.0 Å². The van der Waals surface area contributed by atoms with Gasteiger partial charge in [0, 0.05) is 29.0 Å². The second-order valence-corrected chi connectivity index (χ2v) is 9.02. The minimum absolute atomic E-state index is 0.0130. The number of carboxylic acids is 1. The molecule has 0 radical (unpaired) electrons. The molecule has 2 N–H and O–H groups in total. The predicted molar refractivity (Wildman–Crippen MR) is 122 cm³/mol. The van der Waals surface area contributed by atoms with Crippen molar-refractivity contribution in [2.75, 3.05) is 7.11 Å². The number of hydrogen-bond acceptors (Lipinski definition) is 3. The van der Waals surface area contributed by atoms with Crippen molar-refractivity contribution in [2.24, 2.45) is 5.92 Å². The zero-order valence-corrected chi connectivity index (χ0v) is 18.5. The number of allylic oxidation sites excluding steroid dienone is 1. The molecule has 2 aromatic rings. The average Bonchev–Trinajstić information content (AvgIpc) is 3.45. The Morgan fingerprint density at radius 2 is 1.97 bits per heavy atom. The Labute approximate surface area is 187 Å². The highest BCUT2D eigenvalue weighted by Gasteiger charge is 2.26. The SMILES string of the molecule is COC(CC(=O)O)c1ccc(/C(=C\C2CCCC2)c2ccc(C3CC3)c(=O)[nH]2)cc1Cl. The molecule has 0 spiro atoms. The quantitative estimate of drug-likeness (QED) is 0.551. The third-order valence-electron chi connectivity index (χ3n) is 6.35. The largest absolute Gasteiger partial charge is 0.481 e. The zero-order chi connectivity index (χ0) is 22.0. The van der Waals surface area contributed by atoms with Gasteiger partial charge in [0.05, 0.1) is 12.5 Å². The maximum absolute atomic E-state index is 12.7. The first-order valence-corrected chi connectivity index (χ1v) is 11.3. The molecule has 2 aliphatic carbocycles. The van der Waals surface area contributed by atoms with Gasteiger partial charge in [0.25, 0.3) is 5.56 Å². The van der Waals surface area contributed by atoms with Crippen molar-refractivity contribution in [2.45, 2.75) is 57.0 Å². The molecule has 0 aliphatic heterocycles. The fraction of sp³-hybridized carbons (Fsp3) is 0.440. The van der Waals surface area contributed by atoms with Crippen LogP contribution >= 0.6 is 11.6 Å². The molecule has 2 aliphatic rings. The number of hydrogen-bond donors (Lipinski definition) is 2. The number of pyridine rings is 1. The number of ether oxygens (including phenoxy) is 1. The van der Waals surface area contributed by atoms with E-state index in [0.29, 0.717) is 22.4 Å². The van der Waals surface area contributed by atoms with Gasteiger partial charge in [-0.15, -0.1) is 0 Å². The molecule has 5 nitrogen and oxygen atoms in total. The highest BCUT2D eigenvalue weighted by Crippen LogP contribution is 2.39. The minimum Gasteiger partial charge on any atom is -0.481 e. The number of nitrogens with one attached hydrogen (secondary N) is 1. The lowest BCUT2D eigenvalue weighted by atomic mass is 9.94. The van der Waals surface area contributed by atoms with Crippen LogP contribution in [0.15, 0.2) is 41.2 Å². The summed E-state index contributed by atoms with van der Waals surface area (Å²) in [5, 5.41) is 9.60. The number of carboxylic acid groups (broad SMARTS) is 1. The van der Waals surface area contributed by atoms with E-state index in [4.69, 9.17) is 21.4 Å². The molecule has 1 heterocycles. The molecule has 1 aromatic heterocycles. The van der Waals surface area contributed by atoms with Crippen molar-refractivity contribution >= 4 is 23.1 Å². The summed E-state index contributed by atoms with van der Waals surface area (Å²) in [5.41, 5.74) is 4.16. The van der Waals surface area contributed by atoms with E-state index in [2.05, 4.69) is 11.1 Å². The van der Waals surface area contributed by atoms with E-state index in [9.17, 15) is 9.59 Å². The smallest absolute Gasteiger partial charge is 0.306 e. The van der Waals surface area contributed by atoms with Gasteiger partial charge in [-0.25, -0.2) is 0 Å². The zero-order valence-electron chi connectivity index (χ0n) is 17.7. The Balaban J connectivity index is 1.72. The van der Waals surface area contributed by atoms with Gasteiger partial charge in [-0.05, 0) is 60.8 Å². The summed E-state index contributed by atoms with van der Waals surface area (Å²) in [6.07, 6.45) is 8.38. The van der Waals surface area contributed by atoms with Gasteiger partial charge in [-0.2, -0.15) is 0 Å². The molecule has 0 saturated heterocycles. The Kier molecular flexibility index (Phi) is 6.63. The lowest BCUT2D eigenvalue weighted by molar-refractivity contribution is -0.139. The highest BCUT2D eigenvalue weighted by atomic mass is 35.5. The van der Waals surface area contributed by atoms with E-state index in [1.807, 2.05) is 30.3 Å². The standard InChI is InChI=1S/C25H28ClNO4/c1-31-23(14-24(28)29)19-9-8-17(13-21(19)26)20(12-15-4-2-3-5-15)22-11-10-18(16-6-7-16)25(30)27-22/h8-13,15-16,23H,2-7,14H2,1H3,(H,27,30)(H,28,29)/b20-12+. The molecule has 6 heteroatoms. The highest BCUT2D eigenvalue weighted by molar-refractivity contribution is 6.31. The van der Waals surface area contributed by atoms with Crippen molar-refractivity contribution in [3.05, 3.63) is 74.2 Å². The molecule has 31 heavy (non-hydrogen) atoms. The van der Waals surface area contributed by atoms with E-state index in [1.165, 1.54) is 20.0 Å². The Morgan fingerprint density at radius 1 is 1.23 bits per heavy atom. The van der Waals surface area contributed by atoms with Crippen molar-refractivity contribution in [3.63, 3.8) is 0 Å². The van der Waals surface area contributed by atoms with Crippen LogP contribution in [0.4, 0.5) is 0 Å². The van der Waals surface area contributed by atoms with Crippen LogP contribution < -0.4 is 5.56 Å². The molecule has 1 aromatic carbocycles. The average molecular weight is 442 g/mol. The summed E-state index contributed by atoms with van der Waals surface area (Å²) in [6, 6.07) is 9.56. The Hall–Kier alpha value is -2.37. The second-order valence-electron chi connectivity index (χ2n) is 8.61. The molecule has 2 saturated carbocycles. The molecule has 4 rings (SSSR count). The molecule has 164 valence electrons. The van der Waals surface area contributed by atoms with Gasteiger partial charge in [0.1, 0.15) is 0 Å². The number of aromatic nitrogens is 1. The van der Waals surface area contributed by atoms with Crippen molar-refractivity contribution < 1.29 is 14.6 Å². The molecule has 0 bridgehead atoms. The van der Waals surface area contributed by atoms with Gasteiger partial charge in [-0.1, -0.05) is 48.7 Å². The van der Waals surface area contributed by atoms with E-state index in [0.717, 1.165) is 48.1 Å². The summed E-state index contributed by atoms with van der Waals surface area (Å²) < 4.78 is 5.35. The van der Waals surface area contributed by atoms with Crippen LogP contribution in [0.2, 0.25) is 5.02 Å². The predicted octanol–water partition coefficient (Wildman–Crippen LogP) is 5.69. The van der Waals surface area contributed by atoms with Crippen LogP contribution in [0.1, 0.15) is 79.4 Å². The van der Waals surface area contributed by atoms with Crippen LogP contribution in [0.3, 0.4) is 0 Å². The molecule has 2 fully saturated rings. The third kappa shape index (κ3) is 5.10. The number of methoxy groups -OCH3 is 1. The topological polar surface area (TPSA) is 79.4 Å². The summed E-state index contributed by atoms with van der Waals surface area (Å²) in [6.45, 7) is 0. The molecule has 1 atom stereocenters. The van der Waals surface area contributed by atoms with Crippen molar-refractivity contribution in [3.8, 4) is 0 Å². The number of H-pyrrole nitrogens is 1. The number of aromatic amines is 1. The van der Waals surface area contributed by atoms with Crippen LogP contribution in [-0.2, 0) is 9.53 Å². The van der Waals surface area contributed by atoms with E-state index in [1.54, 1.807) is 0 Å². The number of benzene rings is 1. The first-order valence-electron chi connectivity index (χ1n) is 11.0. The molecular formula is C25H28ClNO4. The summed E-state index contributed by atoms with van der Waals surface area (Å²) >= 11 is 6.57. The van der Waals surface area contributed by atoms with Crippen molar-refractivity contribution in [1.29, 1.82) is 0 Å². The number of aliphatic carboxylic acids is 1. The fourth-order valence-corrected chi connectivity index (χ4v) is 4.80. The number of halogens is 1. The monoisotopic (exact) mass is 441 g/mol. The van der Waals surface area contributed by atoms with E-state index >= 15 is 0 Å². The lowest BCUT2D eigenvalue weighted by Gasteiger charge is -2.18. The van der Waals surface area contributed by atoms with Gasteiger partial charge in [0.15, 0.2) is 0 Å². The minimum atomic E-state index is -0.942. The van der Waals surface area contributed by atoms with Crippen LogP contribution in [0, 0.1) is 5.92 Å². The number of rotatable bonds is 8. The maximum atomic E-state index is 12.7. The first-order chi connectivity index (χ1) is 15.0. The normalized spacial score (nSPS) is 18.3. The van der Waals surface area contributed by atoms with Crippen molar-refractivity contribution in [1.82, 2.24) is 4.98 Å². The summed E-state index contributed by atoms with van der Waals surface area (Å²) in [5.74, 6) is -0.0741. The van der Waals surface area contributed by atoms with Crippen LogP contribution in [0.25, 0.3) is 5.57 Å². The first kappa shape index (κ1) is 21.8. The van der Waals surface area contributed by atoms with Crippen LogP contribution in [0.5, 0.6) is 0 Å². The van der Waals surface area contributed by atoms with Gasteiger partial charge in [0.2, 0.25) is 0 Å². The van der Waals surface area contributed by atoms with Gasteiger partial charge in [-0.3, -0.25) is 9.59 Å². The number of carbonyl (C=O) groups is 1. The van der Waals surface area contributed by atoms with E-state index < -0.39 is 12.1 Å². The maximum Gasteiger partial charge on any atom is 0.306 e. The van der Waals surface area contributed by atoms with Gasteiger partial charge < -0.3 is 14.8 Å². The third-order valence-corrected chi connectivity index (χ3v) is 6.68. The fourth-order valence-electron chi connectivity index (χ4n) is 4.49. The second kappa shape index (κ2) is 9.41. The Bertz CT molecular complexity index is 1050.